The Morgan fingerprint density at radius 3 is 2.77 bits per heavy atom. The molecule has 0 radical (unpaired) electrons. The molecule has 0 bridgehead atoms. The Hall–Kier alpha value is -3.94. The van der Waals surface area contributed by atoms with Crippen LogP contribution >= 0.6 is 0 Å². The SMILES string of the molecule is COc1ccccc1[C@@H]1CN(C(=O)c2cccc(Nc3ncccn3)c2)C[C@]12CCCCC(=O)N2. The summed E-state index contributed by atoms with van der Waals surface area (Å²) >= 11 is 0. The van der Waals surface area contributed by atoms with Gasteiger partial charge in [0.15, 0.2) is 0 Å². The summed E-state index contributed by atoms with van der Waals surface area (Å²) in [5, 5.41) is 6.46. The standard InChI is InChI=1S/C27H29N5O3/c1-35-23-11-3-2-10-21(23)22-17-32(18-27(22)13-5-4-12-24(33)31-27)25(34)19-8-6-9-20(16-19)30-26-28-14-7-15-29-26/h2-3,6-11,14-16,22H,4-5,12-13,17-18H2,1H3,(H,31,33)(H,28,29,30)/t22-,27+/m0/s1. The van der Waals surface area contributed by atoms with Crippen LogP contribution in [0.1, 0.15) is 47.5 Å². The van der Waals surface area contributed by atoms with Crippen LogP contribution in [-0.4, -0.2) is 52.4 Å². The molecule has 8 nitrogen and oxygen atoms in total. The third-order valence-electron chi connectivity index (χ3n) is 6.94. The topological polar surface area (TPSA) is 96.4 Å². The van der Waals surface area contributed by atoms with E-state index in [-0.39, 0.29) is 17.7 Å². The van der Waals surface area contributed by atoms with Crippen LogP contribution in [0.15, 0.2) is 67.0 Å². The number of hydrogen-bond acceptors (Lipinski definition) is 6. The Kier molecular flexibility index (Phi) is 6.35. The molecule has 3 aromatic rings. The quantitative estimate of drug-likeness (QED) is 0.586. The monoisotopic (exact) mass is 471 g/mol. The van der Waals surface area contributed by atoms with Gasteiger partial charge in [0.25, 0.3) is 5.91 Å². The van der Waals surface area contributed by atoms with Crippen LogP contribution in [0.25, 0.3) is 0 Å². The molecule has 3 heterocycles. The van der Waals surface area contributed by atoms with Gasteiger partial charge in [-0.15, -0.1) is 0 Å². The van der Waals surface area contributed by atoms with Crippen molar-refractivity contribution in [3.8, 4) is 5.75 Å². The van der Waals surface area contributed by atoms with E-state index in [0.717, 1.165) is 36.3 Å². The number of methoxy groups -OCH3 is 1. The summed E-state index contributed by atoms with van der Waals surface area (Å²) < 4.78 is 5.67. The molecule has 5 rings (SSSR count). The number of ether oxygens (including phenoxy) is 1. The van der Waals surface area contributed by atoms with Gasteiger partial charge in [-0.1, -0.05) is 30.7 Å². The molecule has 0 saturated carbocycles. The van der Waals surface area contributed by atoms with E-state index < -0.39 is 5.54 Å². The van der Waals surface area contributed by atoms with E-state index in [1.165, 1.54) is 0 Å². The third kappa shape index (κ3) is 4.69. The fraction of sp³-hybridized carbons (Fsp3) is 0.333. The number of hydrogen-bond donors (Lipinski definition) is 2. The molecular weight excluding hydrogens is 442 g/mol. The number of nitrogens with zero attached hydrogens (tertiary/aromatic N) is 3. The van der Waals surface area contributed by atoms with Gasteiger partial charge in [-0.3, -0.25) is 9.59 Å². The Morgan fingerprint density at radius 1 is 1.11 bits per heavy atom. The van der Waals surface area contributed by atoms with Crippen LogP contribution in [0.5, 0.6) is 5.75 Å². The number of nitrogens with one attached hydrogen (secondary N) is 2. The van der Waals surface area contributed by atoms with Gasteiger partial charge in [0.1, 0.15) is 5.75 Å². The summed E-state index contributed by atoms with van der Waals surface area (Å²) in [6.07, 6.45) is 6.44. The summed E-state index contributed by atoms with van der Waals surface area (Å²) in [5.41, 5.74) is 1.80. The average Bonchev–Trinajstić information content (AvgIpc) is 3.14. The zero-order valence-electron chi connectivity index (χ0n) is 19.7. The van der Waals surface area contributed by atoms with Gasteiger partial charge in [-0.25, -0.2) is 9.97 Å². The summed E-state index contributed by atoms with van der Waals surface area (Å²) in [6.45, 7) is 0.957. The zero-order valence-corrected chi connectivity index (χ0v) is 19.7. The van der Waals surface area contributed by atoms with Crippen molar-refractivity contribution in [2.45, 2.75) is 37.1 Å². The maximum Gasteiger partial charge on any atom is 0.254 e. The van der Waals surface area contributed by atoms with Crippen molar-refractivity contribution < 1.29 is 14.3 Å². The molecule has 180 valence electrons. The first-order valence-corrected chi connectivity index (χ1v) is 12.0. The molecule has 2 amide bonds. The number of benzene rings is 2. The summed E-state index contributed by atoms with van der Waals surface area (Å²) in [4.78, 5) is 36.6. The molecular formula is C27H29N5O3. The van der Waals surface area contributed by atoms with Crippen LogP contribution in [0.2, 0.25) is 0 Å². The fourth-order valence-corrected chi connectivity index (χ4v) is 5.33. The molecule has 2 saturated heterocycles. The fourth-order valence-electron chi connectivity index (χ4n) is 5.33. The van der Waals surface area contributed by atoms with E-state index in [2.05, 4.69) is 20.6 Å². The highest BCUT2D eigenvalue weighted by Gasteiger charge is 2.50. The van der Waals surface area contributed by atoms with Gasteiger partial charge in [-0.05, 0) is 43.2 Å². The van der Waals surface area contributed by atoms with Gasteiger partial charge in [0, 0.05) is 54.6 Å². The van der Waals surface area contributed by atoms with Crippen LogP contribution in [0.3, 0.4) is 0 Å². The second kappa shape index (κ2) is 9.74. The van der Waals surface area contributed by atoms with Crippen LogP contribution in [0.4, 0.5) is 11.6 Å². The number of likely N-dealkylation sites (tertiary alicyclic amines) is 1. The van der Waals surface area contributed by atoms with Crippen molar-refractivity contribution in [2.24, 2.45) is 0 Å². The van der Waals surface area contributed by atoms with Crippen LogP contribution in [-0.2, 0) is 4.79 Å². The smallest absolute Gasteiger partial charge is 0.254 e. The number of carbonyl (C=O) groups is 2. The average molecular weight is 472 g/mol. The second-order valence-corrected chi connectivity index (χ2v) is 9.17. The minimum absolute atomic E-state index is 0.0470. The number of rotatable bonds is 5. The first-order valence-electron chi connectivity index (χ1n) is 12.0. The number of anilines is 2. The van der Waals surface area contributed by atoms with E-state index in [1.54, 1.807) is 25.6 Å². The van der Waals surface area contributed by atoms with E-state index in [4.69, 9.17) is 4.74 Å². The maximum absolute atomic E-state index is 13.7. The van der Waals surface area contributed by atoms with Crippen molar-refractivity contribution in [2.75, 3.05) is 25.5 Å². The van der Waals surface area contributed by atoms with E-state index in [0.29, 0.717) is 31.0 Å². The first kappa shape index (κ1) is 22.8. The van der Waals surface area contributed by atoms with Crippen LogP contribution in [0, 0.1) is 0 Å². The number of para-hydroxylation sites is 1. The summed E-state index contributed by atoms with van der Waals surface area (Å²) in [7, 11) is 1.66. The van der Waals surface area contributed by atoms with Crippen molar-refractivity contribution in [3.05, 3.63) is 78.1 Å². The molecule has 35 heavy (non-hydrogen) atoms. The summed E-state index contributed by atoms with van der Waals surface area (Å²) in [5.74, 6) is 1.15. The molecule has 0 unspecified atom stereocenters. The van der Waals surface area contributed by atoms with Crippen molar-refractivity contribution >= 4 is 23.5 Å². The van der Waals surface area contributed by atoms with Crippen molar-refractivity contribution in [3.63, 3.8) is 0 Å². The van der Waals surface area contributed by atoms with Gasteiger partial charge < -0.3 is 20.3 Å². The van der Waals surface area contributed by atoms with E-state index in [9.17, 15) is 9.59 Å². The lowest BCUT2D eigenvalue weighted by molar-refractivity contribution is -0.122. The number of aromatic nitrogens is 2. The molecule has 2 fully saturated rings. The largest absolute Gasteiger partial charge is 0.496 e. The van der Waals surface area contributed by atoms with E-state index >= 15 is 0 Å². The predicted molar refractivity (Wildman–Crippen MR) is 133 cm³/mol. The van der Waals surface area contributed by atoms with E-state index in [1.807, 2.05) is 53.4 Å². The Balaban J connectivity index is 1.45. The Bertz CT molecular complexity index is 1220. The van der Waals surface area contributed by atoms with Crippen molar-refractivity contribution in [1.29, 1.82) is 0 Å². The molecule has 2 aliphatic heterocycles. The van der Waals surface area contributed by atoms with Gasteiger partial charge in [0.2, 0.25) is 11.9 Å². The van der Waals surface area contributed by atoms with Gasteiger partial charge in [-0.2, -0.15) is 0 Å². The molecule has 0 aliphatic carbocycles. The zero-order chi connectivity index (χ0) is 24.3. The van der Waals surface area contributed by atoms with Gasteiger partial charge >= 0.3 is 0 Å². The Morgan fingerprint density at radius 2 is 1.94 bits per heavy atom. The van der Waals surface area contributed by atoms with Crippen LogP contribution < -0.4 is 15.4 Å². The maximum atomic E-state index is 13.7. The molecule has 1 aromatic heterocycles. The molecule has 2 aliphatic rings. The molecule has 2 aromatic carbocycles. The highest BCUT2D eigenvalue weighted by atomic mass is 16.5. The number of carbonyl (C=O) groups excluding carboxylic acids is 2. The Labute approximate surface area is 204 Å². The summed E-state index contributed by atoms with van der Waals surface area (Å²) in [6, 6.07) is 17.0. The van der Waals surface area contributed by atoms with Crippen molar-refractivity contribution in [1.82, 2.24) is 20.2 Å². The lowest BCUT2D eigenvalue weighted by Crippen LogP contribution is -2.52. The normalized spacial score (nSPS) is 21.9. The molecule has 1 spiro atoms. The molecule has 2 N–H and O–H groups in total. The second-order valence-electron chi connectivity index (χ2n) is 9.17. The highest BCUT2D eigenvalue weighted by molar-refractivity contribution is 5.96. The minimum atomic E-state index is -0.522. The minimum Gasteiger partial charge on any atom is -0.496 e. The lowest BCUT2D eigenvalue weighted by atomic mass is 9.78. The highest BCUT2D eigenvalue weighted by Crippen LogP contribution is 2.44. The predicted octanol–water partition coefficient (Wildman–Crippen LogP) is 3.90. The molecule has 8 heteroatoms. The lowest BCUT2D eigenvalue weighted by Gasteiger charge is -2.35. The third-order valence-corrected chi connectivity index (χ3v) is 6.94. The first-order chi connectivity index (χ1) is 17.1. The molecule has 2 atom stereocenters. The van der Waals surface area contributed by atoms with Gasteiger partial charge in [0.05, 0.1) is 12.6 Å². The number of amides is 2.